The van der Waals surface area contributed by atoms with Crippen molar-refractivity contribution in [2.75, 3.05) is 6.54 Å². The van der Waals surface area contributed by atoms with Crippen molar-refractivity contribution in [3.8, 4) is 11.5 Å². The van der Waals surface area contributed by atoms with Crippen LogP contribution in [-0.4, -0.2) is 32.8 Å². The van der Waals surface area contributed by atoms with E-state index in [0.29, 0.717) is 47.9 Å². The average Bonchev–Trinajstić information content (AvgIpc) is 2.93. The molecule has 2 atom stereocenters. The maximum Gasteiger partial charge on any atom is 0.220 e. The van der Waals surface area contributed by atoms with E-state index in [1.807, 2.05) is 6.92 Å². The SMILES string of the molecule is Cc1cc(-c2n[nH]c(CCC(=O)NCC3=CC4CCC3C43CC3)n2)no1. The van der Waals surface area contributed by atoms with Crippen molar-refractivity contribution < 1.29 is 9.32 Å². The van der Waals surface area contributed by atoms with Crippen LogP contribution in [0.4, 0.5) is 0 Å². The highest BCUT2D eigenvalue weighted by Gasteiger charge is 2.61. The molecule has 0 aromatic carbocycles. The second kappa shape index (κ2) is 5.79. The molecule has 2 fully saturated rings. The lowest BCUT2D eigenvalue weighted by molar-refractivity contribution is -0.120. The van der Waals surface area contributed by atoms with Crippen LogP contribution in [0.5, 0.6) is 0 Å². The average molecular weight is 353 g/mol. The highest BCUT2D eigenvalue weighted by Crippen LogP contribution is 2.70. The summed E-state index contributed by atoms with van der Waals surface area (Å²) in [5, 5.41) is 14.0. The molecule has 0 saturated heterocycles. The minimum Gasteiger partial charge on any atom is -0.361 e. The first-order valence-corrected chi connectivity index (χ1v) is 9.46. The molecule has 2 unspecified atom stereocenters. The maximum absolute atomic E-state index is 12.2. The third-order valence-corrected chi connectivity index (χ3v) is 6.36. The normalized spacial score (nSPS) is 24.9. The summed E-state index contributed by atoms with van der Waals surface area (Å²) in [6, 6.07) is 1.79. The number of rotatable bonds is 6. The number of aromatic nitrogens is 4. The second-order valence-corrected chi connectivity index (χ2v) is 7.92. The fourth-order valence-corrected chi connectivity index (χ4v) is 4.92. The molecular formula is C19H23N5O2. The maximum atomic E-state index is 12.2. The number of aromatic amines is 1. The molecule has 2 bridgehead atoms. The molecule has 0 aliphatic heterocycles. The molecule has 1 amide bonds. The van der Waals surface area contributed by atoms with Crippen LogP contribution in [0.25, 0.3) is 11.5 Å². The van der Waals surface area contributed by atoms with E-state index in [9.17, 15) is 4.79 Å². The van der Waals surface area contributed by atoms with Crippen molar-refractivity contribution in [1.82, 2.24) is 25.7 Å². The smallest absolute Gasteiger partial charge is 0.220 e. The van der Waals surface area contributed by atoms with Gasteiger partial charge in [0, 0.05) is 25.5 Å². The van der Waals surface area contributed by atoms with Gasteiger partial charge in [-0.05, 0) is 49.9 Å². The molecule has 2 aromatic rings. The Morgan fingerprint density at radius 3 is 3.04 bits per heavy atom. The van der Waals surface area contributed by atoms with E-state index in [0.717, 1.165) is 11.8 Å². The summed E-state index contributed by atoms with van der Waals surface area (Å²) < 4.78 is 5.03. The van der Waals surface area contributed by atoms with Gasteiger partial charge in [0.25, 0.3) is 0 Å². The molecule has 2 heterocycles. The first-order valence-electron chi connectivity index (χ1n) is 9.46. The third-order valence-electron chi connectivity index (χ3n) is 6.36. The summed E-state index contributed by atoms with van der Waals surface area (Å²) >= 11 is 0. The molecule has 136 valence electrons. The topological polar surface area (TPSA) is 96.7 Å². The van der Waals surface area contributed by atoms with Gasteiger partial charge in [-0.25, -0.2) is 4.98 Å². The van der Waals surface area contributed by atoms with Gasteiger partial charge >= 0.3 is 0 Å². The van der Waals surface area contributed by atoms with Crippen molar-refractivity contribution in [3.63, 3.8) is 0 Å². The van der Waals surface area contributed by atoms with Crippen LogP contribution >= 0.6 is 0 Å². The van der Waals surface area contributed by atoms with Gasteiger partial charge in [0.1, 0.15) is 11.6 Å². The van der Waals surface area contributed by atoms with Gasteiger partial charge in [0.05, 0.1) is 0 Å². The number of carbonyl (C=O) groups is 1. The Bertz CT molecular complexity index is 876. The molecule has 7 nitrogen and oxygen atoms in total. The summed E-state index contributed by atoms with van der Waals surface area (Å²) in [5.74, 6) is 3.48. The van der Waals surface area contributed by atoms with Crippen molar-refractivity contribution in [3.05, 3.63) is 29.3 Å². The minimum absolute atomic E-state index is 0.0637. The van der Waals surface area contributed by atoms with Crippen LogP contribution in [0.15, 0.2) is 22.2 Å². The minimum atomic E-state index is 0.0637. The zero-order chi connectivity index (χ0) is 17.7. The van der Waals surface area contributed by atoms with E-state index in [1.54, 1.807) is 6.07 Å². The molecule has 26 heavy (non-hydrogen) atoms. The van der Waals surface area contributed by atoms with Crippen molar-refractivity contribution >= 4 is 5.91 Å². The predicted molar refractivity (Wildman–Crippen MR) is 93.9 cm³/mol. The first kappa shape index (κ1) is 15.8. The number of amides is 1. The molecule has 3 aliphatic rings. The first-order chi connectivity index (χ1) is 12.6. The van der Waals surface area contributed by atoms with E-state index < -0.39 is 0 Å². The summed E-state index contributed by atoms with van der Waals surface area (Å²) in [5.41, 5.74) is 2.68. The lowest BCUT2D eigenvalue weighted by Crippen LogP contribution is -2.28. The van der Waals surface area contributed by atoms with E-state index in [-0.39, 0.29) is 5.91 Å². The monoisotopic (exact) mass is 353 g/mol. The molecule has 2 aromatic heterocycles. The van der Waals surface area contributed by atoms with Gasteiger partial charge in [-0.15, -0.1) is 0 Å². The van der Waals surface area contributed by atoms with Crippen LogP contribution in [0.1, 0.15) is 43.7 Å². The summed E-state index contributed by atoms with van der Waals surface area (Å²) in [6.45, 7) is 2.53. The Labute approximate surface area is 151 Å². The van der Waals surface area contributed by atoms with Crippen LogP contribution in [0.3, 0.4) is 0 Å². The number of nitrogens with zero attached hydrogens (tertiary/aromatic N) is 3. The number of nitrogens with one attached hydrogen (secondary N) is 2. The number of hydrogen-bond donors (Lipinski definition) is 2. The van der Waals surface area contributed by atoms with Gasteiger partial charge in [-0.3, -0.25) is 9.89 Å². The standard InChI is InChI=1S/C19H23N5O2/c1-11-8-15(24-26-11)18-21-16(22-23-18)4-5-17(25)20-10-12-9-13-2-3-14(12)19(13)6-7-19/h8-9,13-14H,2-7,10H2,1H3,(H,20,25)(H,21,22,23). The number of allylic oxidation sites excluding steroid dienone is 1. The molecule has 5 rings (SSSR count). The summed E-state index contributed by atoms with van der Waals surface area (Å²) in [4.78, 5) is 16.6. The fraction of sp³-hybridized carbons (Fsp3) is 0.579. The highest BCUT2D eigenvalue weighted by atomic mass is 16.5. The Morgan fingerprint density at radius 1 is 1.42 bits per heavy atom. The Kier molecular flexibility index (Phi) is 3.52. The zero-order valence-electron chi connectivity index (χ0n) is 14.9. The van der Waals surface area contributed by atoms with E-state index in [2.05, 4.69) is 31.7 Å². The van der Waals surface area contributed by atoms with Crippen molar-refractivity contribution in [1.29, 1.82) is 0 Å². The van der Waals surface area contributed by atoms with E-state index in [4.69, 9.17) is 4.52 Å². The lowest BCUT2D eigenvalue weighted by atomic mass is 9.90. The number of H-pyrrole nitrogens is 1. The zero-order valence-corrected chi connectivity index (χ0v) is 14.9. The number of hydrogen-bond acceptors (Lipinski definition) is 5. The second-order valence-electron chi connectivity index (χ2n) is 7.92. The van der Waals surface area contributed by atoms with E-state index in [1.165, 1.54) is 31.3 Å². The summed E-state index contributed by atoms with van der Waals surface area (Å²) in [7, 11) is 0. The van der Waals surface area contributed by atoms with Crippen LogP contribution in [0, 0.1) is 24.2 Å². The lowest BCUT2D eigenvalue weighted by Gasteiger charge is -2.17. The fourth-order valence-electron chi connectivity index (χ4n) is 4.92. The van der Waals surface area contributed by atoms with Crippen LogP contribution < -0.4 is 5.32 Å². The number of carbonyl (C=O) groups excluding carboxylic acids is 1. The Balaban J connectivity index is 1.12. The van der Waals surface area contributed by atoms with E-state index >= 15 is 0 Å². The number of aryl methyl sites for hydroxylation is 2. The molecule has 2 saturated carbocycles. The predicted octanol–water partition coefficient (Wildman–Crippen LogP) is 2.56. The summed E-state index contributed by atoms with van der Waals surface area (Å²) in [6.07, 6.45) is 8.81. The van der Waals surface area contributed by atoms with Crippen molar-refractivity contribution in [2.45, 2.75) is 45.4 Å². The van der Waals surface area contributed by atoms with Gasteiger partial charge in [0.15, 0.2) is 5.69 Å². The molecule has 7 heteroatoms. The van der Waals surface area contributed by atoms with Gasteiger partial charge in [0.2, 0.25) is 11.7 Å². The van der Waals surface area contributed by atoms with Gasteiger partial charge in [-0.1, -0.05) is 16.8 Å². The Morgan fingerprint density at radius 2 is 2.31 bits per heavy atom. The molecule has 2 N–H and O–H groups in total. The van der Waals surface area contributed by atoms with Crippen molar-refractivity contribution in [2.24, 2.45) is 17.3 Å². The third kappa shape index (κ3) is 2.57. The quantitative estimate of drug-likeness (QED) is 0.778. The Hall–Kier alpha value is -2.44. The molecule has 0 radical (unpaired) electrons. The molecule has 3 aliphatic carbocycles. The molecule has 1 spiro atoms. The van der Waals surface area contributed by atoms with Crippen LogP contribution in [-0.2, 0) is 11.2 Å². The van der Waals surface area contributed by atoms with Gasteiger partial charge < -0.3 is 9.84 Å². The largest absolute Gasteiger partial charge is 0.361 e. The highest BCUT2D eigenvalue weighted by molar-refractivity contribution is 5.76. The van der Waals surface area contributed by atoms with Gasteiger partial charge in [-0.2, -0.15) is 5.10 Å². The molecular weight excluding hydrogens is 330 g/mol. The van der Waals surface area contributed by atoms with Crippen LogP contribution in [0.2, 0.25) is 0 Å².